The Morgan fingerprint density at radius 3 is 2.55 bits per heavy atom. The molecule has 0 aromatic heterocycles. The van der Waals surface area contributed by atoms with E-state index in [4.69, 9.17) is 4.74 Å². The number of hydrogen-bond donors (Lipinski definition) is 1. The Labute approximate surface area is 130 Å². The minimum atomic E-state index is -0.624. The number of amides is 2. The van der Waals surface area contributed by atoms with Crippen molar-refractivity contribution in [3.63, 3.8) is 0 Å². The van der Waals surface area contributed by atoms with E-state index in [1.807, 2.05) is 30.4 Å². The van der Waals surface area contributed by atoms with Gasteiger partial charge >= 0.3 is 6.09 Å². The molecule has 0 fully saturated rings. The number of carbonyl (C=O) groups is 2. The molecule has 5 nitrogen and oxygen atoms in total. The summed E-state index contributed by atoms with van der Waals surface area (Å²) in [5.74, 6) is -0.181. The van der Waals surface area contributed by atoms with E-state index in [1.165, 1.54) is 4.90 Å². The van der Waals surface area contributed by atoms with Crippen LogP contribution in [-0.2, 0) is 9.53 Å². The summed E-state index contributed by atoms with van der Waals surface area (Å²) < 4.78 is 5.48. The molecule has 1 aromatic carbocycles. The highest BCUT2D eigenvalue weighted by Crippen LogP contribution is 2.23. The van der Waals surface area contributed by atoms with Crippen LogP contribution in [0.25, 0.3) is 0 Å². The number of nitrogens with zero attached hydrogens (tertiary/aromatic N) is 1. The van der Waals surface area contributed by atoms with Gasteiger partial charge in [0.1, 0.15) is 11.6 Å². The third-order valence-corrected chi connectivity index (χ3v) is 3.16. The molecule has 0 unspecified atom stereocenters. The van der Waals surface area contributed by atoms with Crippen LogP contribution in [-0.4, -0.2) is 30.2 Å². The molecule has 0 spiro atoms. The molecule has 0 bridgehead atoms. The fourth-order valence-electron chi connectivity index (χ4n) is 2.23. The minimum absolute atomic E-state index is 0.181. The van der Waals surface area contributed by atoms with E-state index in [2.05, 4.69) is 5.32 Å². The van der Waals surface area contributed by atoms with Gasteiger partial charge in [0.05, 0.1) is 0 Å². The number of nitrogens with one attached hydrogen (secondary N) is 1. The number of ether oxygens (including phenoxy) is 1. The Hall–Kier alpha value is -2.30. The topological polar surface area (TPSA) is 58.6 Å². The molecule has 1 heterocycles. The first kappa shape index (κ1) is 16.1. The highest BCUT2D eigenvalue weighted by molar-refractivity contribution is 5.97. The number of benzene rings is 1. The molecule has 0 saturated heterocycles. The summed E-state index contributed by atoms with van der Waals surface area (Å²) in [5.41, 5.74) is 0.0217. The lowest BCUT2D eigenvalue weighted by Gasteiger charge is -2.32. The SMILES string of the molecule is CC(C)(C)OC(=O)N(c1ccccc1)[C@H]1CC=CCNC1=O. The summed E-state index contributed by atoms with van der Waals surface area (Å²) in [5, 5.41) is 2.79. The van der Waals surface area contributed by atoms with E-state index in [0.717, 1.165) is 0 Å². The molecule has 1 atom stereocenters. The molecule has 0 saturated carbocycles. The molecule has 5 heteroatoms. The van der Waals surface area contributed by atoms with Gasteiger partial charge in [0.25, 0.3) is 0 Å². The monoisotopic (exact) mass is 302 g/mol. The molecule has 2 amide bonds. The van der Waals surface area contributed by atoms with Crippen molar-refractivity contribution in [2.24, 2.45) is 0 Å². The normalized spacial score (nSPS) is 18.3. The minimum Gasteiger partial charge on any atom is -0.443 e. The number of carbonyl (C=O) groups excluding carboxylic acids is 2. The van der Waals surface area contributed by atoms with Crippen LogP contribution in [0, 0.1) is 0 Å². The van der Waals surface area contributed by atoms with Crippen LogP contribution >= 0.6 is 0 Å². The third kappa shape index (κ3) is 4.10. The van der Waals surface area contributed by atoms with E-state index < -0.39 is 17.7 Å². The molecule has 1 aliphatic rings. The third-order valence-electron chi connectivity index (χ3n) is 3.16. The zero-order valence-corrected chi connectivity index (χ0v) is 13.2. The second-order valence-corrected chi connectivity index (χ2v) is 6.15. The molecule has 1 aromatic rings. The van der Waals surface area contributed by atoms with Gasteiger partial charge in [0, 0.05) is 12.2 Å². The second-order valence-electron chi connectivity index (χ2n) is 6.15. The van der Waals surface area contributed by atoms with Gasteiger partial charge in [-0.2, -0.15) is 0 Å². The van der Waals surface area contributed by atoms with Crippen LogP contribution in [0.5, 0.6) is 0 Å². The summed E-state index contributed by atoms with van der Waals surface area (Å²) in [6, 6.07) is 8.51. The summed E-state index contributed by atoms with van der Waals surface area (Å²) in [6.45, 7) is 5.90. The first-order chi connectivity index (χ1) is 10.4. The Kier molecular flexibility index (Phi) is 4.85. The van der Waals surface area contributed by atoms with Crippen molar-refractivity contribution in [1.29, 1.82) is 0 Å². The van der Waals surface area contributed by atoms with Crippen LogP contribution in [0.4, 0.5) is 10.5 Å². The van der Waals surface area contributed by atoms with Crippen molar-refractivity contribution in [3.05, 3.63) is 42.5 Å². The van der Waals surface area contributed by atoms with Crippen LogP contribution in [0.2, 0.25) is 0 Å². The van der Waals surface area contributed by atoms with Crippen molar-refractivity contribution >= 4 is 17.7 Å². The summed E-state index contributed by atoms with van der Waals surface area (Å²) in [4.78, 5) is 26.3. The van der Waals surface area contributed by atoms with Crippen molar-refractivity contribution < 1.29 is 14.3 Å². The van der Waals surface area contributed by atoms with Crippen LogP contribution in [0.3, 0.4) is 0 Å². The van der Waals surface area contributed by atoms with Gasteiger partial charge in [-0.1, -0.05) is 30.4 Å². The molecule has 118 valence electrons. The lowest BCUT2D eigenvalue weighted by Crippen LogP contribution is -2.50. The summed E-state index contributed by atoms with van der Waals surface area (Å²) in [6.07, 6.45) is 3.73. The summed E-state index contributed by atoms with van der Waals surface area (Å²) >= 11 is 0. The highest BCUT2D eigenvalue weighted by atomic mass is 16.6. The van der Waals surface area contributed by atoms with Crippen molar-refractivity contribution in [3.8, 4) is 0 Å². The Morgan fingerprint density at radius 2 is 1.91 bits per heavy atom. The fraction of sp³-hybridized carbons (Fsp3) is 0.412. The number of para-hydroxylation sites is 1. The smallest absolute Gasteiger partial charge is 0.415 e. The van der Waals surface area contributed by atoms with E-state index in [1.54, 1.807) is 32.9 Å². The average Bonchev–Trinajstić information content (AvgIpc) is 2.64. The maximum absolute atomic E-state index is 12.6. The lowest BCUT2D eigenvalue weighted by molar-refractivity contribution is -0.122. The van der Waals surface area contributed by atoms with Crippen LogP contribution in [0.1, 0.15) is 27.2 Å². The van der Waals surface area contributed by atoms with Crippen LogP contribution < -0.4 is 10.2 Å². The van der Waals surface area contributed by atoms with Gasteiger partial charge in [0.15, 0.2) is 0 Å². The van der Waals surface area contributed by atoms with Crippen LogP contribution in [0.15, 0.2) is 42.5 Å². The zero-order chi connectivity index (χ0) is 16.2. The maximum atomic E-state index is 12.6. The first-order valence-electron chi connectivity index (χ1n) is 7.38. The highest BCUT2D eigenvalue weighted by Gasteiger charge is 2.33. The predicted octanol–water partition coefficient (Wildman–Crippen LogP) is 2.87. The Bertz CT molecular complexity index is 561. The van der Waals surface area contributed by atoms with Gasteiger partial charge in [-0.3, -0.25) is 9.69 Å². The van der Waals surface area contributed by atoms with E-state index in [9.17, 15) is 9.59 Å². The lowest BCUT2D eigenvalue weighted by atomic mass is 10.1. The van der Waals surface area contributed by atoms with Crippen molar-refractivity contribution in [1.82, 2.24) is 5.32 Å². The number of hydrogen-bond acceptors (Lipinski definition) is 3. The van der Waals surface area contributed by atoms with Crippen molar-refractivity contribution in [2.75, 3.05) is 11.4 Å². The first-order valence-corrected chi connectivity index (χ1v) is 7.38. The van der Waals surface area contributed by atoms with E-state index >= 15 is 0 Å². The van der Waals surface area contributed by atoms with Gasteiger partial charge in [-0.05, 0) is 39.3 Å². The molecule has 2 rings (SSSR count). The second kappa shape index (κ2) is 6.64. The summed E-state index contributed by atoms with van der Waals surface area (Å²) in [7, 11) is 0. The molecule has 1 N–H and O–H groups in total. The average molecular weight is 302 g/mol. The molecule has 1 aliphatic heterocycles. The molecule has 0 radical (unpaired) electrons. The number of rotatable bonds is 2. The maximum Gasteiger partial charge on any atom is 0.415 e. The van der Waals surface area contributed by atoms with Gasteiger partial charge in [-0.25, -0.2) is 4.79 Å². The Balaban J connectivity index is 2.35. The molecular weight excluding hydrogens is 280 g/mol. The zero-order valence-electron chi connectivity index (χ0n) is 13.2. The quantitative estimate of drug-likeness (QED) is 0.855. The fourth-order valence-corrected chi connectivity index (χ4v) is 2.23. The van der Waals surface area contributed by atoms with E-state index in [-0.39, 0.29) is 5.91 Å². The molecular formula is C17H22N2O3. The molecule has 0 aliphatic carbocycles. The van der Waals surface area contributed by atoms with Gasteiger partial charge < -0.3 is 10.1 Å². The largest absolute Gasteiger partial charge is 0.443 e. The van der Waals surface area contributed by atoms with Gasteiger partial charge in [-0.15, -0.1) is 0 Å². The van der Waals surface area contributed by atoms with Gasteiger partial charge in [0.2, 0.25) is 5.91 Å². The standard InChI is InChI=1S/C17H22N2O3/c1-17(2,3)22-16(21)19(13-9-5-4-6-10-13)14-11-7-8-12-18-15(14)20/h4-10,14H,11-12H2,1-3H3,(H,18,20)/t14-/m0/s1. The van der Waals surface area contributed by atoms with E-state index in [0.29, 0.717) is 18.7 Å². The predicted molar refractivity (Wildman–Crippen MR) is 85.7 cm³/mol. The molecule has 22 heavy (non-hydrogen) atoms. The number of anilines is 1. The van der Waals surface area contributed by atoms with Crippen molar-refractivity contribution in [2.45, 2.75) is 38.8 Å². The Morgan fingerprint density at radius 1 is 1.23 bits per heavy atom.